The lowest BCUT2D eigenvalue weighted by Crippen LogP contribution is -2.54. The monoisotopic (exact) mass is 439 g/mol. The highest BCUT2D eigenvalue weighted by Crippen LogP contribution is 2.27. The number of amides is 2. The number of rotatable bonds is 5. The first-order valence-electron chi connectivity index (χ1n) is 10.2. The predicted octanol–water partition coefficient (Wildman–Crippen LogP) is 3.66. The molecule has 8 heteroatoms. The molecule has 0 aromatic heterocycles. The molecule has 31 heavy (non-hydrogen) atoms. The molecule has 2 aliphatic heterocycles. The van der Waals surface area contributed by atoms with Gasteiger partial charge in [-0.3, -0.25) is 19.8 Å². The third-order valence-electron chi connectivity index (χ3n) is 5.24. The van der Waals surface area contributed by atoms with Gasteiger partial charge in [0.1, 0.15) is 17.1 Å². The van der Waals surface area contributed by atoms with E-state index >= 15 is 0 Å². The minimum absolute atomic E-state index is 0.00753. The summed E-state index contributed by atoms with van der Waals surface area (Å²) in [5.41, 5.74) is 1.35. The van der Waals surface area contributed by atoms with E-state index in [1.807, 2.05) is 11.8 Å². The molecular weight excluding hydrogens is 417 g/mol. The molecule has 2 heterocycles. The van der Waals surface area contributed by atoms with Crippen LogP contribution in [0.4, 0.5) is 15.8 Å². The molecule has 0 bridgehead atoms. The van der Waals surface area contributed by atoms with Crippen LogP contribution in [0.5, 0.6) is 5.75 Å². The summed E-state index contributed by atoms with van der Waals surface area (Å²) in [5.74, 6) is -0.892. The van der Waals surface area contributed by atoms with Crippen LogP contribution < -0.4 is 19.9 Å². The Morgan fingerprint density at radius 2 is 1.84 bits per heavy atom. The van der Waals surface area contributed by atoms with Crippen molar-refractivity contribution in [1.82, 2.24) is 5.32 Å². The van der Waals surface area contributed by atoms with E-state index in [9.17, 15) is 14.0 Å². The molecule has 2 aliphatic rings. The normalized spacial score (nSPS) is 18.0. The van der Waals surface area contributed by atoms with E-state index in [4.69, 9.17) is 17.0 Å². The Bertz CT molecular complexity index is 1060. The Hall–Kier alpha value is -3.26. The van der Waals surface area contributed by atoms with Gasteiger partial charge >= 0.3 is 0 Å². The average Bonchev–Trinajstić information content (AvgIpc) is 3.27. The van der Waals surface area contributed by atoms with Crippen molar-refractivity contribution in [3.8, 4) is 5.75 Å². The molecule has 2 aromatic carbocycles. The van der Waals surface area contributed by atoms with Gasteiger partial charge in [-0.05, 0) is 80.0 Å². The van der Waals surface area contributed by atoms with Gasteiger partial charge in [0, 0.05) is 13.1 Å². The summed E-state index contributed by atoms with van der Waals surface area (Å²) in [6.45, 7) is 4.06. The summed E-state index contributed by atoms with van der Waals surface area (Å²) in [5, 5.41) is 2.53. The van der Waals surface area contributed by atoms with Gasteiger partial charge in [0.05, 0.1) is 18.0 Å². The molecule has 2 saturated heterocycles. The number of halogens is 1. The first-order chi connectivity index (χ1) is 15.0. The molecule has 1 N–H and O–H groups in total. The van der Waals surface area contributed by atoms with Crippen molar-refractivity contribution in [3.05, 3.63) is 59.4 Å². The number of carbonyl (C=O) groups excluding carboxylic acids is 2. The zero-order chi connectivity index (χ0) is 22.0. The SMILES string of the molecule is CCOc1ccc(N2C(=O)/C(=C\c3ccc(N4CCCC4)c(F)c3)C(=O)NC2=S)cc1. The van der Waals surface area contributed by atoms with Gasteiger partial charge < -0.3 is 9.64 Å². The van der Waals surface area contributed by atoms with E-state index in [0.29, 0.717) is 29.3 Å². The lowest BCUT2D eigenvalue weighted by Gasteiger charge is -2.29. The Morgan fingerprint density at radius 3 is 2.48 bits per heavy atom. The first-order valence-corrected chi connectivity index (χ1v) is 10.6. The van der Waals surface area contributed by atoms with Crippen LogP contribution in [-0.2, 0) is 9.59 Å². The molecule has 0 spiro atoms. The molecule has 0 radical (unpaired) electrons. The summed E-state index contributed by atoms with van der Waals surface area (Å²) in [4.78, 5) is 28.8. The van der Waals surface area contributed by atoms with Crippen LogP contribution in [0.25, 0.3) is 6.08 Å². The van der Waals surface area contributed by atoms with Crippen LogP contribution in [0.2, 0.25) is 0 Å². The number of ether oxygens (including phenoxy) is 1. The summed E-state index contributed by atoms with van der Waals surface area (Å²) >= 11 is 5.21. The standard InChI is InChI=1S/C23H22FN3O3S/c1-2-30-17-8-6-16(7-9-17)27-22(29)18(21(28)25-23(27)31)13-15-5-10-20(19(24)14-15)26-11-3-4-12-26/h5-10,13-14H,2-4,11-12H2,1H3,(H,25,28,31)/b18-13-. The average molecular weight is 440 g/mol. The van der Waals surface area contributed by atoms with Gasteiger partial charge in [0.25, 0.3) is 11.8 Å². The lowest BCUT2D eigenvalue weighted by atomic mass is 10.1. The number of hydrogen-bond acceptors (Lipinski definition) is 5. The van der Waals surface area contributed by atoms with E-state index in [2.05, 4.69) is 5.32 Å². The van der Waals surface area contributed by atoms with Crippen LogP contribution in [0.3, 0.4) is 0 Å². The van der Waals surface area contributed by atoms with Crippen LogP contribution >= 0.6 is 12.2 Å². The highest BCUT2D eigenvalue weighted by atomic mass is 32.1. The quantitative estimate of drug-likeness (QED) is 0.438. The maximum absolute atomic E-state index is 14.7. The topological polar surface area (TPSA) is 61.9 Å². The van der Waals surface area contributed by atoms with Crippen molar-refractivity contribution in [3.63, 3.8) is 0 Å². The number of carbonyl (C=O) groups is 2. The van der Waals surface area contributed by atoms with Crippen LogP contribution in [0.15, 0.2) is 48.0 Å². The predicted molar refractivity (Wildman–Crippen MR) is 122 cm³/mol. The molecule has 2 fully saturated rings. The molecule has 2 aromatic rings. The molecule has 0 saturated carbocycles. The van der Waals surface area contributed by atoms with Gasteiger partial charge in [0.2, 0.25) is 0 Å². The molecule has 2 amide bonds. The molecule has 0 unspecified atom stereocenters. The van der Waals surface area contributed by atoms with E-state index < -0.39 is 11.8 Å². The number of anilines is 2. The first kappa shape index (κ1) is 21.0. The lowest BCUT2D eigenvalue weighted by molar-refractivity contribution is -0.122. The zero-order valence-corrected chi connectivity index (χ0v) is 17.9. The van der Waals surface area contributed by atoms with Crippen molar-refractivity contribution in [1.29, 1.82) is 0 Å². The van der Waals surface area contributed by atoms with Gasteiger partial charge in [-0.15, -0.1) is 0 Å². The van der Waals surface area contributed by atoms with Crippen LogP contribution in [-0.4, -0.2) is 36.6 Å². The summed E-state index contributed by atoms with van der Waals surface area (Å²) in [7, 11) is 0. The van der Waals surface area contributed by atoms with E-state index in [0.717, 1.165) is 25.9 Å². The maximum atomic E-state index is 14.7. The smallest absolute Gasteiger partial charge is 0.270 e. The van der Waals surface area contributed by atoms with E-state index in [1.54, 1.807) is 36.4 Å². The van der Waals surface area contributed by atoms with Crippen molar-refractivity contribution >= 4 is 46.6 Å². The Morgan fingerprint density at radius 1 is 1.13 bits per heavy atom. The Balaban J connectivity index is 1.62. The van der Waals surface area contributed by atoms with Crippen molar-refractivity contribution in [2.45, 2.75) is 19.8 Å². The molecule has 0 atom stereocenters. The van der Waals surface area contributed by atoms with Crippen molar-refractivity contribution in [2.75, 3.05) is 29.5 Å². The van der Waals surface area contributed by atoms with Gasteiger partial charge in [0.15, 0.2) is 5.11 Å². The molecule has 160 valence electrons. The number of hydrogen-bond donors (Lipinski definition) is 1. The maximum Gasteiger partial charge on any atom is 0.270 e. The molecular formula is C23H22FN3O3S. The summed E-state index contributed by atoms with van der Waals surface area (Å²) < 4.78 is 20.1. The van der Waals surface area contributed by atoms with Crippen molar-refractivity contribution in [2.24, 2.45) is 0 Å². The number of nitrogens with one attached hydrogen (secondary N) is 1. The Labute approximate surface area is 185 Å². The van der Waals surface area contributed by atoms with Gasteiger partial charge in [-0.2, -0.15) is 0 Å². The number of thiocarbonyl (C=S) groups is 1. The zero-order valence-electron chi connectivity index (χ0n) is 17.1. The van der Waals surface area contributed by atoms with E-state index in [-0.39, 0.29) is 16.5 Å². The fourth-order valence-electron chi connectivity index (χ4n) is 3.74. The summed E-state index contributed by atoms with van der Waals surface area (Å²) in [6, 6.07) is 11.6. The fraction of sp³-hybridized carbons (Fsp3) is 0.261. The highest BCUT2D eigenvalue weighted by molar-refractivity contribution is 7.80. The molecule has 0 aliphatic carbocycles. The third kappa shape index (κ3) is 4.29. The van der Waals surface area contributed by atoms with Crippen molar-refractivity contribution < 1.29 is 18.7 Å². The minimum Gasteiger partial charge on any atom is -0.494 e. The second-order valence-electron chi connectivity index (χ2n) is 7.29. The second kappa shape index (κ2) is 8.85. The number of nitrogens with zero attached hydrogens (tertiary/aromatic N) is 2. The Kier molecular flexibility index (Phi) is 5.99. The van der Waals surface area contributed by atoms with Gasteiger partial charge in [-0.1, -0.05) is 6.07 Å². The molecule has 6 nitrogen and oxygen atoms in total. The third-order valence-corrected chi connectivity index (χ3v) is 5.52. The highest BCUT2D eigenvalue weighted by Gasteiger charge is 2.34. The fourth-order valence-corrected chi connectivity index (χ4v) is 4.03. The summed E-state index contributed by atoms with van der Waals surface area (Å²) in [6.07, 6.45) is 3.47. The van der Waals surface area contributed by atoms with Gasteiger partial charge in [-0.25, -0.2) is 4.39 Å². The number of benzene rings is 2. The van der Waals surface area contributed by atoms with E-state index in [1.165, 1.54) is 17.0 Å². The van der Waals surface area contributed by atoms with Crippen LogP contribution in [0, 0.1) is 5.82 Å². The molecule has 4 rings (SSSR count). The largest absolute Gasteiger partial charge is 0.494 e. The minimum atomic E-state index is -0.610. The van der Waals surface area contributed by atoms with Crippen LogP contribution in [0.1, 0.15) is 25.3 Å². The second-order valence-corrected chi connectivity index (χ2v) is 7.68.